The predicted octanol–water partition coefficient (Wildman–Crippen LogP) is 5.34. The molecule has 1 aliphatic rings. The van der Waals surface area contributed by atoms with Crippen LogP contribution >= 0.6 is 34.7 Å². The van der Waals surface area contributed by atoms with Crippen molar-refractivity contribution in [2.24, 2.45) is 5.92 Å². The molecule has 0 saturated carbocycles. The van der Waals surface area contributed by atoms with Gasteiger partial charge in [0, 0.05) is 9.90 Å². The number of aromatic nitrogens is 2. The molecule has 0 amide bonds. The molecule has 0 radical (unpaired) electrons. The molecular formula is C19H19ClN2OS2. The van der Waals surface area contributed by atoms with E-state index in [0.29, 0.717) is 10.9 Å². The summed E-state index contributed by atoms with van der Waals surface area (Å²) in [6, 6.07) is 7.41. The lowest BCUT2D eigenvalue weighted by Crippen LogP contribution is -2.22. The highest BCUT2D eigenvalue weighted by Gasteiger charge is 2.25. The maximum atomic E-state index is 13.4. The van der Waals surface area contributed by atoms with Gasteiger partial charge in [-0.05, 0) is 60.8 Å². The average molecular weight is 391 g/mol. The van der Waals surface area contributed by atoms with E-state index in [2.05, 4.69) is 13.8 Å². The van der Waals surface area contributed by atoms with E-state index in [9.17, 15) is 4.79 Å². The van der Waals surface area contributed by atoms with Gasteiger partial charge in [0.15, 0.2) is 5.16 Å². The van der Waals surface area contributed by atoms with Crippen LogP contribution in [0.5, 0.6) is 0 Å². The molecule has 0 spiro atoms. The minimum absolute atomic E-state index is 0.0512. The largest absolute Gasteiger partial charge is 0.268 e. The number of thioether (sulfide) groups is 1. The fraction of sp³-hybridized carbons (Fsp3) is 0.368. The zero-order chi connectivity index (χ0) is 17.6. The van der Waals surface area contributed by atoms with Gasteiger partial charge in [-0.25, -0.2) is 4.98 Å². The van der Waals surface area contributed by atoms with Crippen molar-refractivity contribution in [3.8, 4) is 5.69 Å². The summed E-state index contributed by atoms with van der Waals surface area (Å²) >= 11 is 9.33. The minimum Gasteiger partial charge on any atom is -0.268 e. The molecule has 1 aromatic carbocycles. The van der Waals surface area contributed by atoms with Gasteiger partial charge >= 0.3 is 0 Å². The topological polar surface area (TPSA) is 34.9 Å². The lowest BCUT2D eigenvalue weighted by molar-refractivity contribution is 0.509. The summed E-state index contributed by atoms with van der Waals surface area (Å²) in [5.41, 5.74) is 2.10. The molecule has 0 aliphatic heterocycles. The van der Waals surface area contributed by atoms with Crippen molar-refractivity contribution in [1.29, 1.82) is 0 Å². The Bertz CT molecular complexity index is 991. The van der Waals surface area contributed by atoms with E-state index >= 15 is 0 Å². The van der Waals surface area contributed by atoms with E-state index in [1.165, 1.54) is 10.4 Å². The van der Waals surface area contributed by atoms with Crippen molar-refractivity contribution >= 4 is 44.9 Å². The SMILES string of the molecule is CCSc1nc2sc3c(c2c(=O)n1-c1ccc(Cl)cc1)CC[C@@H](C)C3. The number of hydrogen-bond donors (Lipinski definition) is 0. The summed E-state index contributed by atoms with van der Waals surface area (Å²) in [6.07, 6.45) is 3.19. The van der Waals surface area contributed by atoms with Crippen molar-refractivity contribution < 1.29 is 0 Å². The molecule has 1 atom stereocenters. The first-order valence-electron chi connectivity index (χ1n) is 8.54. The quantitative estimate of drug-likeness (QED) is 0.447. The molecule has 25 heavy (non-hydrogen) atoms. The van der Waals surface area contributed by atoms with Crippen LogP contribution in [-0.2, 0) is 12.8 Å². The van der Waals surface area contributed by atoms with Crippen molar-refractivity contribution in [3.63, 3.8) is 0 Å². The molecule has 3 aromatic rings. The maximum Gasteiger partial charge on any atom is 0.267 e. The molecule has 2 heterocycles. The van der Waals surface area contributed by atoms with Crippen LogP contribution < -0.4 is 5.56 Å². The van der Waals surface area contributed by atoms with Gasteiger partial charge in [-0.2, -0.15) is 0 Å². The van der Waals surface area contributed by atoms with Crippen LogP contribution in [0.15, 0.2) is 34.2 Å². The summed E-state index contributed by atoms with van der Waals surface area (Å²) in [5.74, 6) is 1.55. The lowest BCUT2D eigenvalue weighted by atomic mass is 9.89. The smallest absolute Gasteiger partial charge is 0.267 e. The van der Waals surface area contributed by atoms with E-state index in [1.807, 2.05) is 24.3 Å². The van der Waals surface area contributed by atoms with E-state index in [1.54, 1.807) is 27.7 Å². The maximum absolute atomic E-state index is 13.4. The van der Waals surface area contributed by atoms with Gasteiger partial charge in [0.25, 0.3) is 5.56 Å². The second kappa shape index (κ2) is 6.78. The predicted molar refractivity (Wildman–Crippen MR) is 108 cm³/mol. The zero-order valence-corrected chi connectivity index (χ0v) is 16.6. The fourth-order valence-corrected chi connectivity index (χ4v) is 5.70. The summed E-state index contributed by atoms with van der Waals surface area (Å²) in [5, 5.41) is 2.24. The summed E-state index contributed by atoms with van der Waals surface area (Å²) < 4.78 is 1.75. The van der Waals surface area contributed by atoms with Gasteiger partial charge in [0.2, 0.25) is 0 Å². The van der Waals surface area contributed by atoms with Gasteiger partial charge in [-0.1, -0.05) is 37.2 Å². The van der Waals surface area contributed by atoms with E-state index in [4.69, 9.17) is 16.6 Å². The Kier molecular flexibility index (Phi) is 4.65. The van der Waals surface area contributed by atoms with Crippen molar-refractivity contribution in [2.75, 3.05) is 5.75 Å². The molecule has 0 fully saturated rings. The normalized spacial score (nSPS) is 17.0. The molecule has 0 bridgehead atoms. The van der Waals surface area contributed by atoms with E-state index in [-0.39, 0.29) is 5.56 Å². The first-order chi connectivity index (χ1) is 12.1. The van der Waals surface area contributed by atoms with Crippen molar-refractivity contribution in [1.82, 2.24) is 9.55 Å². The number of rotatable bonds is 3. The Hall–Kier alpha value is -1.30. The first-order valence-corrected chi connectivity index (χ1v) is 10.7. The summed E-state index contributed by atoms with van der Waals surface area (Å²) in [6.45, 7) is 4.36. The molecule has 0 unspecified atom stereocenters. The Labute approximate surface area is 160 Å². The molecule has 0 saturated heterocycles. The van der Waals surface area contributed by atoms with Crippen LogP contribution in [0, 0.1) is 5.92 Å². The Morgan fingerprint density at radius 2 is 2.12 bits per heavy atom. The number of aryl methyl sites for hydroxylation is 1. The molecule has 1 aliphatic carbocycles. The number of hydrogen-bond acceptors (Lipinski definition) is 4. The second-order valence-corrected chi connectivity index (χ2v) is 9.23. The Balaban J connectivity index is 2.00. The first kappa shape index (κ1) is 17.1. The van der Waals surface area contributed by atoms with E-state index in [0.717, 1.165) is 46.1 Å². The molecule has 4 rings (SSSR count). The number of benzene rings is 1. The number of thiophene rings is 1. The molecule has 130 valence electrons. The molecule has 6 heteroatoms. The van der Waals surface area contributed by atoms with Crippen LogP contribution in [0.3, 0.4) is 0 Å². The number of fused-ring (bicyclic) bond motifs is 3. The van der Waals surface area contributed by atoms with Crippen molar-refractivity contribution in [2.45, 2.75) is 38.3 Å². The van der Waals surface area contributed by atoms with Crippen LogP contribution in [0.25, 0.3) is 15.9 Å². The lowest BCUT2D eigenvalue weighted by Gasteiger charge is -2.17. The third-order valence-electron chi connectivity index (χ3n) is 4.66. The van der Waals surface area contributed by atoms with Gasteiger partial charge in [0.05, 0.1) is 11.1 Å². The van der Waals surface area contributed by atoms with Gasteiger partial charge in [-0.3, -0.25) is 9.36 Å². The van der Waals surface area contributed by atoms with Gasteiger partial charge in [0.1, 0.15) is 4.83 Å². The highest BCUT2D eigenvalue weighted by Crippen LogP contribution is 2.37. The van der Waals surface area contributed by atoms with Gasteiger partial charge < -0.3 is 0 Å². The van der Waals surface area contributed by atoms with Crippen LogP contribution in [0.1, 0.15) is 30.7 Å². The zero-order valence-electron chi connectivity index (χ0n) is 14.2. The standard InChI is InChI=1S/C19H19ClN2OS2/c1-3-24-19-21-17-16(14-9-4-11(2)10-15(14)25-17)18(23)22(19)13-7-5-12(20)6-8-13/h5-8,11H,3-4,9-10H2,1-2H3/t11-/m1/s1. The number of nitrogens with zero attached hydrogens (tertiary/aromatic N) is 2. The minimum atomic E-state index is 0.0512. The Morgan fingerprint density at radius 3 is 2.84 bits per heavy atom. The van der Waals surface area contributed by atoms with Crippen LogP contribution in [0.4, 0.5) is 0 Å². The Morgan fingerprint density at radius 1 is 1.36 bits per heavy atom. The molecule has 3 nitrogen and oxygen atoms in total. The second-order valence-electron chi connectivity index (χ2n) is 6.48. The molecule has 2 aromatic heterocycles. The number of halogens is 1. The van der Waals surface area contributed by atoms with Crippen LogP contribution in [0.2, 0.25) is 5.02 Å². The summed E-state index contributed by atoms with van der Waals surface area (Å²) in [7, 11) is 0. The fourth-order valence-electron chi connectivity index (χ4n) is 3.42. The van der Waals surface area contributed by atoms with Gasteiger partial charge in [-0.15, -0.1) is 11.3 Å². The molecular weight excluding hydrogens is 372 g/mol. The molecule has 0 N–H and O–H groups in total. The highest BCUT2D eigenvalue weighted by molar-refractivity contribution is 7.99. The van der Waals surface area contributed by atoms with Crippen molar-refractivity contribution in [3.05, 3.63) is 50.1 Å². The highest BCUT2D eigenvalue weighted by atomic mass is 35.5. The third-order valence-corrected chi connectivity index (χ3v) is 6.88. The summed E-state index contributed by atoms with van der Waals surface area (Å²) in [4.78, 5) is 20.5. The monoisotopic (exact) mass is 390 g/mol. The van der Waals surface area contributed by atoms with E-state index < -0.39 is 0 Å². The van der Waals surface area contributed by atoms with Crippen LogP contribution in [-0.4, -0.2) is 15.3 Å². The average Bonchev–Trinajstić information content (AvgIpc) is 2.94. The third kappa shape index (κ3) is 3.03.